The van der Waals surface area contributed by atoms with Crippen molar-refractivity contribution in [3.05, 3.63) is 0 Å². The number of aliphatic hydroxyl groups is 1. The lowest BCUT2D eigenvalue weighted by atomic mass is 9.71. The van der Waals surface area contributed by atoms with Gasteiger partial charge >= 0.3 is 0 Å². The molecular weight excluding hydrogens is 238 g/mol. The topological polar surface area (TPSA) is 41.5 Å². The summed E-state index contributed by atoms with van der Waals surface area (Å²) in [5.41, 5.74) is -0.210. The van der Waals surface area contributed by atoms with Crippen molar-refractivity contribution in [2.45, 2.75) is 77.5 Å². The van der Waals surface area contributed by atoms with Crippen molar-refractivity contribution < 1.29 is 9.84 Å². The maximum Gasteiger partial charge on any atom is 0.105 e. The number of hydrogen-bond donors (Lipinski definition) is 2. The van der Waals surface area contributed by atoms with Crippen LogP contribution < -0.4 is 5.32 Å². The predicted octanol–water partition coefficient (Wildman–Crippen LogP) is 2.72. The second-order valence-electron chi connectivity index (χ2n) is 7.66. The van der Waals surface area contributed by atoms with Crippen LogP contribution in [0, 0.1) is 11.3 Å². The third-order valence-corrected chi connectivity index (χ3v) is 5.31. The third kappa shape index (κ3) is 3.71. The molecule has 112 valence electrons. The van der Waals surface area contributed by atoms with Gasteiger partial charge in [0.1, 0.15) is 5.60 Å². The average Bonchev–Trinajstić information content (AvgIpc) is 2.67. The van der Waals surface area contributed by atoms with Crippen LogP contribution in [0.4, 0.5) is 0 Å². The molecule has 3 heteroatoms. The Labute approximate surface area is 118 Å². The van der Waals surface area contributed by atoms with Gasteiger partial charge in [0, 0.05) is 25.6 Å². The molecule has 0 aromatic carbocycles. The summed E-state index contributed by atoms with van der Waals surface area (Å²) in [6, 6.07) is 0.579. The highest BCUT2D eigenvalue weighted by Gasteiger charge is 2.40. The van der Waals surface area contributed by atoms with Crippen molar-refractivity contribution in [2.75, 3.05) is 13.2 Å². The average molecular weight is 269 g/mol. The van der Waals surface area contributed by atoms with Crippen LogP contribution in [0.2, 0.25) is 0 Å². The highest BCUT2D eigenvalue weighted by molar-refractivity contribution is 4.93. The van der Waals surface area contributed by atoms with Crippen LogP contribution in [-0.4, -0.2) is 36.0 Å². The molecular formula is C16H31NO2. The second kappa shape index (κ2) is 5.71. The van der Waals surface area contributed by atoms with E-state index in [1.54, 1.807) is 0 Å². The molecule has 1 aliphatic carbocycles. The molecule has 2 rings (SSSR count). The molecule has 0 aromatic rings. The smallest absolute Gasteiger partial charge is 0.105 e. The van der Waals surface area contributed by atoms with Crippen LogP contribution in [0.3, 0.4) is 0 Å². The third-order valence-electron chi connectivity index (χ3n) is 5.31. The van der Waals surface area contributed by atoms with E-state index in [-0.39, 0.29) is 6.10 Å². The van der Waals surface area contributed by atoms with E-state index in [1.165, 1.54) is 25.7 Å². The number of ether oxygens (including phenoxy) is 1. The van der Waals surface area contributed by atoms with Gasteiger partial charge in [-0.15, -0.1) is 0 Å². The van der Waals surface area contributed by atoms with Gasteiger partial charge in [-0.25, -0.2) is 0 Å². The van der Waals surface area contributed by atoms with Gasteiger partial charge in [0.05, 0.1) is 6.10 Å². The molecule has 1 heterocycles. The molecule has 0 spiro atoms. The Morgan fingerprint density at radius 3 is 2.32 bits per heavy atom. The Bertz CT molecular complexity index is 292. The largest absolute Gasteiger partial charge is 0.386 e. The van der Waals surface area contributed by atoms with Gasteiger partial charge in [-0.3, -0.25) is 0 Å². The van der Waals surface area contributed by atoms with E-state index in [0.717, 1.165) is 12.3 Å². The molecule has 19 heavy (non-hydrogen) atoms. The van der Waals surface area contributed by atoms with E-state index in [9.17, 15) is 5.11 Å². The molecule has 1 saturated heterocycles. The van der Waals surface area contributed by atoms with Gasteiger partial charge in [0.2, 0.25) is 0 Å². The Hall–Kier alpha value is -0.120. The van der Waals surface area contributed by atoms with Crippen molar-refractivity contribution in [3.63, 3.8) is 0 Å². The highest BCUT2D eigenvalue weighted by atomic mass is 16.5. The number of nitrogens with one attached hydrogen (secondary N) is 1. The molecule has 0 bridgehead atoms. The fourth-order valence-electron chi connectivity index (χ4n) is 3.49. The maximum absolute atomic E-state index is 10.5. The zero-order valence-corrected chi connectivity index (χ0v) is 13.0. The Morgan fingerprint density at radius 1 is 1.21 bits per heavy atom. The van der Waals surface area contributed by atoms with Gasteiger partial charge < -0.3 is 15.2 Å². The van der Waals surface area contributed by atoms with Crippen LogP contribution in [0.1, 0.15) is 59.8 Å². The minimum Gasteiger partial charge on any atom is -0.386 e. The molecule has 2 unspecified atom stereocenters. The molecule has 1 aliphatic heterocycles. The van der Waals surface area contributed by atoms with Crippen molar-refractivity contribution in [2.24, 2.45) is 11.3 Å². The fourth-order valence-corrected chi connectivity index (χ4v) is 3.49. The van der Waals surface area contributed by atoms with E-state index >= 15 is 0 Å². The van der Waals surface area contributed by atoms with Crippen LogP contribution in [-0.2, 0) is 4.74 Å². The lowest BCUT2D eigenvalue weighted by Gasteiger charge is -2.38. The lowest BCUT2D eigenvalue weighted by Crippen LogP contribution is -2.49. The number of hydrogen-bond acceptors (Lipinski definition) is 3. The Kier molecular flexibility index (Phi) is 4.59. The summed E-state index contributed by atoms with van der Waals surface area (Å²) in [6.45, 7) is 10.4. The van der Waals surface area contributed by atoms with Crippen LogP contribution in [0.15, 0.2) is 0 Å². The first-order valence-corrected chi connectivity index (χ1v) is 7.89. The molecule has 0 amide bonds. The molecule has 2 aliphatic rings. The number of rotatable bonds is 3. The van der Waals surface area contributed by atoms with Gasteiger partial charge in [-0.05, 0) is 43.9 Å². The van der Waals surface area contributed by atoms with Gasteiger partial charge in [0.25, 0.3) is 0 Å². The van der Waals surface area contributed by atoms with E-state index in [2.05, 4.69) is 26.1 Å². The molecule has 2 atom stereocenters. The molecule has 2 N–H and O–H groups in total. The monoisotopic (exact) mass is 269 g/mol. The summed E-state index contributed by atoms with van der Waals surface area (Å²) in [5.74, 6) is 0.849. The molecule has 2 fully saturated rings. The van der Waals surface area contributed by atoms with E-state index < -0.39 is 5.60 Å². The summed E-state index contributed by atoms with van der Waals surface area (Å²) in [6.07, 6.45) is 5.84. The highest BCUT2D eigenvalue weighted by Crippen LogP contribution is 2.38. The van der Waals surface area contributed by atoms with Crippen LogP contribution in [0.5, 0.6) is 0 Å². The van der Waals surface area contributed by atoms with E-state index in [0.29, 0.717) is 24.6 Å². The van der Waals surface area contributed by atoms with Crippen molar-refractivity contribution in [1.29, 1.82) is 0 Å². The van der Waals surface area contributed by atoms with Gasteiger partial charge in [-0.2, -0.15) is 0 Å². The maximum atomic E-state index is 10.5. The SMILES string of the molecule is CC1OCCC1(O)CNC1CCC(C(C)(C)C)CC1. The van der Waals surface area contributed by atoms with Crippen molar-refractivity contribution in [3.8, 4) is 0 Å². The Balaban J connectivity index is 1.74. The molecule has 3 nitrogen and oxygen atoms in total. The second-order valence-corrected chi connectivity index (χ2v) is 7.66. The molecule has 0 aromatic heterocycles. The Morgan fingerprint density at radius 2 is 1.84 bits per heavy atom. The van der Waals surface area contributed by atoms with Crippen molar-refractivity contribution in [1.82, 2.24) is 5.32 Å². The van der Waals surface area contributed by atoms with Gasteiger partial charge in [0.15, 0.2) is 0 Å². The molecule has 0 radical (unpaired) electrons. The van der Waals surface area contributed by atoms with Crippen LogP contribution >= 0.6 is 0 Å². The fraction of sp³-hybridized carbons (Fsp3) is 1.00. The first-order chi connectivity index (χ1) is 8.81. The van der Waals surface area contributed by atoms with Crippen molar-refractivity contribution >= 4 is 0 Å². The summed E-state index contributed by atoms with van der Waals surface area (Å²) >= 11 is 0. The predicted molar refractivity (Wildman–Crippen MR) is 78.2 cm³/mol. The van der Waals surface area contributed by atoms with Crippen LogP contribution in [0.25, 0.3) is 0 Å². The summed E-state index contributed by atoms with van der Waals surface area (Å²) in [7, 11) is 0. The quantitative estimate of drug-likeness (QED) is 0.828. The zero-order valence-electron chi connectivity index (χ0n) is 13.0. The summed E-state index contributed by atoms with van der Waals surface area (Å²) in [5, 5.41) is 14.1. The van der Waals surface area contributed by atoms with Gasteiger partial charge in [-0.1, -0.05) is 20.8 Å². The summed E-state index contributed by atoms with van der Waals surface area (Å²) < 4.78 is 5.48. The minimum absolute atomic E-state index is 0.0362. The summed E-state index contributed by atoms with van der Waals surface area (Å²) in [4.78, 5) is 0. The normalized spacial score (nSPS) is 40.6. The minimum atomic E-state index is -0.652. The lowest BCUT2D eigenvalue weighted by molar-refractivity contribution is -0.0288. The van der Waals surface area contributed by atoms with E-state index in [1.807, 2.05) is 6.92 Å². The molecule has 1 saturated carbocycles. The first-order valence-electron chi connectivity index (χ1n) is 7.89. The van der Waals surface area contributed by atoms with E-state index in [4.69, 9.17) is 4.74 Å². The first kappa shape index (κ1) is 15.3. The standard InChI is InChI=1S/C16H31NO2/c1-12-16(18,9-10-19-12)11-17-14-7-5-13(6-8-14)15(2,3)4/h12-14,17-18H,5-11H2,1-4H3. The zero-order chi connectivity index (χ0) is 14.1.